The van der Waals surface area contributed by atoms with Gasteiger partial charge < -0.3 is 9.14 Å². The maximum atomic E-state index is 13.1. The number of Topliss-reactive ketones (excluding diaryl/α,β-unsaturated/α-hetero) is 1. The molecule has 0 N–H and O–H groups in total. The van der Waals surface area contributed by atoms with Gasteiger partial charge in [0.2, 0.25) is 0 Å². The molecule has 0 spiro atoms. The molecule has 2 aliphatic rings. The predicted molar refractivity (Wildman–Crippen MR) is 118 cm³/mol. The molecule has 0 saturated carbocycles. The van der Waals surface area contributed by atoms with Crippen molar-refractivity contribution in [1.82, 2.24) is 4.40 Å². The van der Waals surface area contributed by atoms with E-state index in [9.17, 15) is 9.59 Å². The Hall–Kier alpha value is -3.66. The molecule has 31 heavy (non-hydrogen) atoms. The summed E-state index contributed by atoms with van der Waals surface area (Å²) >= 11 is 0. The third kappa shape index (κ3) is 2.82. The van der Waals surface area contributed by atoms with Gasteiger partial charge in [0.05, 0.1) is 0 Å². The van der Waals surface area contributed by atoms with Crippen molar-refractivity contribution in [3.05, 3.63) is 101 Å². The molecular formula is C27H21NO3. The van der Waals surface area contributed by atoms with Crippen LogP contribution in [0, 0.1) is 0 Å². The lowest BCUT2D eigenvalue weighted by molar-refractivity contribution is 0.0248. The van der Waals surface area contributed by atoms with E-state index in [1.165, 1.54) is 0 Å². The molecule has 0 aliphatic heterocycles. The minimum atomic E-state index is -0.335. The maximum Gasteiger partial charge on any atom is 0.355 e. The normalized spacial score (nSPS) is 17.0. The Kier molecular flexibility index (Phi) is 4.06. The van der Waals surface area contributed by atoms with Crippen molar-refractivity contribution in [3.8, 4) is 11.1 Å². The van der Waals surface area contributed by atoms with E-state index in [0.29, 0.717) is 12.1 Å². The second kappa shape index (κ2) is 6.95. The van der Waals surface area contributed by atoms with Crippen molar-refractivity contribution in [3.63, 3.8) is 0 Å². The summed E-state index contributed by atoms with van der Waals surface area (Å²) in [7, 11) is 0. The molecule has 0 fully saturated rings. The largest absolute Gasteiger partial charge is 0.453 e. The van der Waals surface area contributed by atoms with Crippen molar-refractivity contribution >= 4 is 17.3 Å². The van der Waals surface area contributed by atoms with Gasteiger partial charge in [0.25, 0.3) is 0 Å². The van der Waals surface area contributed by atoms with E-state index in [4.69, 9.17) is 4.74 Å². The van der Waals surface area contributed by atoms with Crippen molar-refractivity contribution in [2.45, 2.75) is 31.8 Å². The fraction of sp³-hybridized carbons (Fsp3) is 0.185. The summed E-state index contributed by atoms with van der Waals surface area (Å²) in [6.45, 7) is 0. The lowest BCUT2D eigenvalue weighted by Crippen LogP contribution is -2.22. The van der Waals surface area contributed by atoms with E-state index in [-0.39, 0.29) is 17.9 Å². The highest BCUT2D eigenvalue weighted by molar-refractivity contribution is 6.08. The first-order valence-corrected chi connectivity index (χ1v) is 10.7. The fourth-order valence-electron chi connectivity index (χ4n) is 5.13. The molecule has 0 saturated heterocycles. The van der Waals surface area contributed by atoms with Gasteiger partial charge in [-0.1, -0.05) is 42.5 Å². The SMILES string of the molecule is O=C1Cc2ccccc2-c2ccc3c(c21)CCCC3OC(=O)c1ccc2ccccn12. The average Bonchev–Trinajstić information content (AvgIpc) is 3.23. The minimum Gasteiger partial charge on any atom is -0.453 e. The minimum absolute atomic E-state index is 0.162. The molecule has 152 valence electrons. The van der Waals surface area contributed by atoms with Crippen molar-refractivity contribution < 1.29 is 14.3 Å². The zero-order chi connectivity index (χ0) is 20.9. The highest BCUT2D eigenvalue weighted by Crippen LogP contribution is 2.42. The van der Waals surface area contributed by atoms with Crippen LogP contribution in [0.4, 0.5) is 0 Å². The average molecular weight is 407 g/mol. The number of ketones is 1. The maximum absolute atomic E-state index is 13.1. The number of rotatable bonds is 2. The van der Waals surface area contributed by atoms with Gasteiger partial charge in [0.15, 0.2) is 5.78 Å². The van der Waals surface area contributed by atoms with E-state index in [1.807, 2.05) is 59.1 Å². The molecule has 1 atom stereocenters. The van der Waals surface area contributed by atoms with Crippen LogP contribution in [-0.2, 0) is 17.6 Å². The Morgan fingerprint density at radius 3 is 2.74 bits per heavy atom. The topological polar surface area (TPSA) is 47.8 Å². The Bertz CT molecular complexity index is 1360. The number of carbonyl (C=O) groups is 2. The molecule has 0 amide bonds. The fourth-order valence-corrected chi connectivity index (χ4v) is 5.13. The van der Waals surface area contributed by atoms with Gasteiger partial charge in [-0.25, -0.2) is 4.79 Å². The number of pyridine rings is 1. The van der Waals surface area contributed by atoms with Crippen LogP contribution in [0.3, 0.4) is 0 Å². The smallest absolute Gasteiger partial charge is 0.355 e. The zero-order valence-electron chi connectivity index (χ0n) is 17.0. The number of esters is 1. The van der Waals surface area contributed by atoms with E-state index >= 15 is 0 Å². The lowest BCUT2D eigenvalue weighted by Gasteiger charge is -2.30. The number of benzene rings is 2. The third-order valence-electron chi connectivity index (χ3n) is 6.55. The second-order valence-corrected chi connectivity index (χ2v) is 8.31. The van der Waals surface area contributed by atoms with Crippen molar-refractivity contribution in [2.75, 3.05) is 0 Å². The zero-order valence-corrected chi connectivity index (χ0v) is 17.0. The van der Waals surface area contributed by atoms with Gasteiger partial charge in [0.1, 0.15) is 11.8 Å². The van der Waals surface area contributed by atoms with Gasteiger partial charge in [-0.05, 0) is 71.3 Å². The molecule has 0 bridgehead atoms. The number of ether oxygens (including phenoxy) is 1. The standard InChI is InChI=1S/C27H21NO3/c29-24-16-17-6-1-2-8-19(17)22-13-12-20-21(26(22)24)9-5-10-25(20)31-27(30)23-14-11-18-7-3-4-15-28(18)23/h1-4,6-8,11-15,25H,5,9-10,16H2. The monoisotopic (exact) mass is 407 g/mol. The number of fused-ring (bicyclic) bond motifs is 6. The molecule has 2 heterocycles. The van der Waals surface area contributed by atoms with Crippen LogP contribution in [0.15, 0.2) is 72.9 Å². The van der Waals surface area contributed by atoms with Crippen LogP contribution >= 0.6 is 0 Å². The highest BCUT2D eigenvalue weighted by atomic mass is 16.5. The Morgan fingerprint density at radius 2 is 1.81 bits per heavy atom. The molecule has 4 aromatic rings. The summed E-state index contributed by atoms with van der Waals surface area (Å²) in [4.78, 5) is 26.1. The molecule has 0 radical (unpaired) electrons. The number of hydrogen-bond donors (Lipinski definition) is 0. The van der Waals surface area contributed by atoms with Crippen LogP contribution in [-0.4, -0.2) is 16.2 Å². The van der Waals surface area contributed by atoms with E-state index < -0.39 is 0 Å². The van der Waals surface area contributed by atoms with Crippen LogP contribution < -0.4 is 0 Å². The van der Waals surface area contributed by atoms with Crippen LogP contribution in [0.5, 0.6) is 0 Å². The first-order valence-electron chi connectivity index (χ1n) is 10.7. The molecule has 2 aromatic carbocycles. The van der Waals surface area contributed by atoms with Crippen LogP contribution in [0.25, 0.3) is 16.6 Å². The summed E-state index contributed by atoms with van der Waals surface area (Å²) < 4.78 is 7.84. The second-order valence-electron chi connectivity index (χ2n) is 8.31. The van der Waals surface area contributed by atoms with Gasteiger partial charge >= 0.3 is 5.97 Å². The summed E-state index contributed by atoms with van der Waals surface area (Å²) in [5.41, 5.74) is 7.56. The number of carbonyl (C=O) groups excluding carboxylic acids is 2. The predicted octanol–water partition coefficient (Wildman–Crippen LogP) is 5.58. The number of nitrogens with zero attached hydrogens (tertiary/aromatic N) is 1. The first kappa shape index (κ1) is 18.1. The number of aromatic nitrogens is 1. The van der Waals surface area contributed by atoms with E-state index in [2.05, 4.69) is 12.1 Å². The van der Waals surface area contributed by atoms with Gasteiger partial charge in [0, 0.05) is 23.7 Å². The first-order chi connectivity index (χ1) is 15.2. The van der Waals surface area contributed by atoms with Crippen molar-refractivity contribution in [1.29, 1.82) is 0 Å². The summed E-state index contributed by atoms with van der Waals surface area (Å²) in [6.07, 6.45) is 4.47. The number of hydrogen-bond acceptors (Lipinski definition) is 3. The Morgan fingerprint density at radius 1 is 0.935 bits per heavy atom. The Balaban J connectivity index is 1.39. The van der Waals surface area contributed by atoms with Gasteiger partial charge in [-0.15, -0.1) is 0 Å². The molecule has 1 unspecified atom stereocenters. The molecule has 6 rings (SSSR count). The summed E-state index contributed by atoms with van der Waals surface area (Å²) in [6, 6.07) is 21.7. The lowest BCUT2D eigenvalue weighted by atomic mass is 9.77. The summed E-state index contributed by atoms with van der Waals surface area (Å²) in [5.74, 6) is -0.173. The molecule has 4 heteroatoms. The molecule has 2 aliphatic carbocycles. The summed E-state index contributed by atoms with van der Waals surface area (Å²) in [5, 5.41) is 0. The van der Waals surface area contributed by atoms with Crippen LogP contribution in [0.2, 0.25) is 0 Å². The van der Waals surface area contributed by atoms with Crippen LogP contribution in [0.1, 0.15) is 56.5 Å². The molecule has 4 nitrogen and oxygen atoms in total. The van der Waals surface area contributed by atoms with E-state index in [0.717, 1.165) is 58.2 Å². The van der Waals surface area contributed by atoms with Gasteiger partial charge in [-0.2, -0.15) is 0 Å². The third-order valence-corrected chi connectivity index (χ3v) is 6.55. The van der Waals surface area contributed by atoms with Crippen molar-refractivity contribution in [2.24, 2.45) is 0 Å². The quantitative estimate of drug-likeness (QED) is 0.408. The molecular weight excluding hydrogens is 386 g/mol. The molecule has 2 aromatic heterocycles. The Labute approximate surface area is 180 Å². The van der Waals surface area contributed by atoms with E-state index in [1.54, 1.807) is 6.07 Å². The van der Waals surface area contributed by atoms with Gasteiger partial charge in [-0.3, -0.25) is 4.79 Å². The highest BCUT2D eigenvalue weighted by Gasteiger charge is 2.32.